The largest absolute Gasteiger partial charge is 0.492 e. The Kier molecular flexibility index (Phi) is 5.16. The van der Waals surface area contributed by atoms with Crippen LogP contribution in [-0.4, -0.2) is 37.2 Å². The van der Waals surface area contributed by atoms with Crippen molar-refractivity contribution >= 4 is 0 Å². The number of nitrogens with two attached hydrogens (primary N) is 1. The van der Waals surface area contributed by atoms with Crippen molar-refractivity contribution in [2.45, 2.75) is 25.8 Å². The first-order valence-corrected chi connectivity index (χ1v) is 7.01. The molecule has 2 N–H and O–H groups in total. The van der Waals surface area contributed by atoms with Gasteiger partial charge in [-0.05, 0) is 56.5 Å². The van der Waals surface area contributed by atoms with E-state index in [0.29, 0.717) is 18.6 Å². The fourth-order valence-corrected chi connectivity index (χ4v) is 2.58. The van der Waals surface area contributed by atoms with E-state index >= 15 is 0 Å². The zero-order valence-electron chi connectivity index (χ0n) is 11.5. The average molecular weight is 266 g/mol. The van der Waals surface area contributed by atoms with Gasteiger partial charge in [-0.1, -0.05) is 0 Å². The topological polar surface area (TPSA) is 38.5 Å². The molecule has 2 atom stereocenters. The summed E-state index contributed by atoms with van der Waals surface area (Å²) >= 11 is 0. The molecule has 1 saturated heterocycles. The number of nitrogens with zero attached hydrogens (tertiary/aromatic N) is 1. The van der Waals surface area contributed by atoms with Crippen LogP contribution in [0.2, 0.25) is 0 Å². The molecule has 1 heterocycles. The van der Waals surface area contributed by atoms with Gasteiger partial charge in [0.15, 0.2) is 0 Å². The van der Waals surface area contributed by atoms with Crippen molar-refractivity contribution in [1.29, 1.82) is 0 Å². The van der Waals surface area contributed by atoms with Crippen molar-refractivity contribution in [3.8, 4) is 5.75 Å². The first-order chi connectivity index (χ1) is 9.19. The van der Waals surface area contributed by atoms with Crippen molar-refractivity contribution in [2.75, 3.05) is 26.2 Å². The van der Waals surface area contributed by atoms with E-state index in [1.165, 1.54) is 25.0 Å². The number of hydrogen-bond acceptors (Lipinski definition) is 3. The summed E-state index contributed by atoms with van der Waals surface area (Å²) in [6, 6.07) is 6.77. The van der Waals surface area contributed by atoms with Gasteiger partial charge in [-0.25, -0.2) is 4.39 Å². The summed E-state index contributed by atoms with van der Waals surface area (Å²) in [4.78, 5) is 2.44. The summed E-state index contributed by atoms with van der Waals surface area (Å²) in [7, 11) is 0. The van der Waals surface area contributed by atoms with Gasteiger partial charge in [0.1, 0.15) is 18.2 Å². The number of piperidine rings is 1. The molecule has 1 aromatic carbocycles. The standard InChI is InChI=1S/C15H23FN2O/c1-12-2-3-13(10-17)11-18(12)8-9-19-15-6-4-14(16)5-7-15/h4-7,12-13H,2-3,8-11,17H2,1H3. The second-order valence-corrected chi connectivity index (χ2v) is 5.33. The fourth-order valence-electron chi connectivity index (χ4n) is 2.58. The van der Waals surface area contributed by atoms with E-state index < -0.39 is 0 Å². The maximum atomic E-state index is 12.8. The van der Waals surface area contributed by atoms with E-state index in [1.54, 1.807) is 12.1 Å². The van der Waals surface area contributed by atoms with Gasteiger partial charge in [-0.15, -0.1) is 0 Å². The maximum Gasteiger partial charge on any atom is 0.123 e. The molecule has 1 fully saturated rings. The van der Waals surface area contributed by atoms with E-state index in [4.69, 9.17) is 10.5 Å². The van der Waals surface area contributed by atoms with Crippen LogP contribution in [-0.2, 0) is 0 Å². The second-order valence-electron chi connectivity index (χ2n) is 5.33. The molecule has 2 unspecified atom stereocenters. The lowest BCUT2D eigenvalue weighted by Crippen LogP contribution is -2.45. The Morgan fingerprint density at radius 1 is 1.32 bits per heavy atom. The molecule has 4 heteroatoms. The van der Waals surface area contributed by atoms with Crippen LogP contribution in [0.3, 0.4) is 0 Å². The molecule has 19 heavy (non-hydrogen) atoms. The van der Waals surface area contributed by atoms with Gasteiger partial charge in [-0.2, -0.15) is 0 Å². The first-order valence-electron chi connectivity index (χ1n) is 7.01. The van der Waals surface area contributed by atoms with Crippen molar-refractivity contribution in [1.82, 2.24) is 4.90 Å². The number of hydrogen-bond donors (Lipinski definition) is 1. The van der Waals surface area contributed by atoms with Gasteiger partial charge in [0.05, 0.1) is 0 Å². The van der Waals surface area contributed by atoms with Crippen LogP contribution in [0, 0.1) is 11.7 Å². The zero-order chi connectivity index (χ0) is 13.7. The lowest BCUT2D eigenvalue weighted by Gasteiger charge is -2.37. The number of halogens is 1. The molecule has 0 aliphatic carbocycles. The smallest absolute Gasteiger partial charge is 0.123 e. The summed E-state index contributed by atoms with van der Waals surface area (Å²) in [6.45, 7) is 5.61. The highest BCUT2D eigenvalue weighted by Crippen LogP contribution is 2.20. The monoisotopic (exact) mass is 266 g/mol. The van der Waals surface area contributed by atoms with Gasteiger partial charge in [0, 0.05) is 19.1 Å². The maximum absolute atomic E-state index is 12.8. The molecule has 0 saturated carbocycles. The van der Waals surface area contributed by atoms with Gasteiger partial charge in [0.2, 0.25) is 0 Å². The van der Waals surface area contributed by atoms with Crippen LogP contribution < -0.4 is 10.5 Å². The lowest BCUT2D eigenvalue weighted by atomic mass is 9.94. The van der Waals surface area contributed by atoms with E-state index in [-0.39, 0.29) is 5.82 Å². The van der Waals surface area contributed by atoms with E-state index in [2.05, 4.69) is 11.8 Å². The lowest BCUT2D eigenvalue weighted by molar-refractivity contribution is 0.102. The predicted molar refractivity (Wildman–Crippen MR) is 74.7 cm³/mol. The van der Waals surface area contributed by atoms with Crippen molar-refractivity contribution in [3.05, 3.63) is 30.1 Å². The third-order valence-corrected chi connectivity index (χ3v) is 3.90. The zero-order valence-corrected chi connectivity index (χ0v) is 11.5. The van der Waals surface area contributed by atoms with Crippen LogP contribution in [0.4, 0.5) is 4.39 Å². The second kappa shape index (κ2) is 6.87. The fraction of sp³-hybridized carbons (Fsp3) is 0.600. The molecule has 1 aliphatic heterocycles. The first kappa shape index (κ1) is 14.3. The molecule has 3 nitrogen and oxygen atoms in total. The molecule has 0 aromatic heterocycles. The third kappa shape index (κ3) is 4.18. The molecule has 0 bridgehead atoms. The number of likely N-dealkylation sites (tertiary alicyclic amines) is 1. The number of benzene rings is 1. The molecular weight excluding hydrogens is 243 g/mol. The normalized spacial score (nSPS) is 24.4. The van der Waals surface area contributed by atoms with Crippen LogP contribution in [0.25, 0.3) is 0 Å². The van der Waals surface area contributed by atoms with Crippen LogP contribution >= 0.6 is 0 Å². The highest BCUT2D eigenvalue weighted by Gasteiger charge is 2.24. The van der Waals surface area contributed by atoms with Crippen LogP contribution in [0.1, 0.15) is 19.8 Å². The summed E-state index contributed by atoms with van der Waals surface area (Å²) in [5, 5.41) is 0. The Labute approximate surface area is 114 Å². The molecule has 0 radical (unpaired) electrons. The van der Waals surface area contributed by atoms with E-state index in [1.807, 2.05) is 0 Å². The Bertz CT molecular complexity index is 382. The van der Waals surface area contributed by atoms with Crippen LogP contribution in [0.15, 0.2) is 24.3 Å². The molecular formula is C15H23FN2O. The number of rotatable bonds is 5. The predicted octanol–water partition coefficient (Wildman–Crippen LogP) is 2.26. The van der Waals surface area contributed by atoms with Gasteiger partial charge in [-0.3, -0.25) is 4.90 Å². The van der Waals surface area contributed by atoms with Crippen molar-refractivity contribution < 1.29 is 9.13 Å². The quantitative estimate of drug-likeness (QED) is 0.888. The minimum Gasteiger partial charge on any atom is -0.492 e. The number of ether oxygens (including phenoxy) is 1. The third-order valence-electron chi connectivity index (χ3n) is 3.90. The minimum atomic E-state index is -0.234. The van der Waals surface area contributed by atoms with Gasteiger partial charge >= 0.3 is 0 Å². The summed E-state index contributed by atoms with van der Waals surface area (Å²) < 4.78 is 18.4. The van der Waals surface area contributed by atoms with E-state index in [0.717, 1.165) is 25.4 Å². The summed E-state index contributed by atoms with van der Waals surface area (Å²) in [5.74, 6) is 1.10. The molecule has 0 amide bonds. The van der Waals surface area contributed by atoms with Gasteiger partial charge < -0.3 is 10.5 Å². The SMILES string of the molecule is CC1CCC(CN)CN1CCOc1ccc(F)cc1. The highest BCUT2D eigenvalue weighted by molar-refractivity contribution is 5.21. The molecule has 1 aliphatic rings. The summed E-state index contributed by atoms with van der Waals surface area (Å²) in [6.07, 6.45) is 2.44. The van der Waals surface area contributed by atoms with Crippen molar-refractivity contribution in [2.24, 2.45) is 11.7 Å². The Morgan fingerprint density at radius 2 is 2.05 bits per heavy atom. The van der Waals surface area contributed by atoms with Crippen molar-refractivity contribution in [3.63, 3.8) is 0 Å². The molecule has 1 aromatic rings. The van der Waals surface area contributed by atoms with Gasteiger partial charge in [0.25, 0.3) is 0 Å². The molecule has 0 spiro atoms. The minimum absolute atomic E-state index is 0.234. The molecule has 106 valence electrons. The Balaban J connectivity index is 1.76. The van der Waals surface area contributed by atoms with Crippen LogP contribution in [0.5, 0.6) is 5.75 Å². The summed E-state index contributed by atoms with van der Waals surface area (Å²) in [5.41, 5.74) is 5.75. The highest BCUT2D eigenvalue weighted by atomic mass is 19.1. The Morgan fingerprint density at radius 3 is 2.74 bits per heavy atom. The Hall–Kier alpha value is -1.13. The molecule has 2 rings (SSSR count). The average Bonchev–Trinajstić information content (AvgIpc) is 2.43. The van der Waals surface area contributed by atoms with E-state index in [9.17, 15) is 4.39 Å².